The van der Waals surface area contributed by atoms with Crippen molar-refractivity contribution in [2.75, 3.05) is 13.3 Å². The maximum absolute atomic E-state index is 13.3. The molecule has 13 heavy (non-hydrogen) atoms. The third-order valence-corrected chi connectivity index (χ3v) is 2.26. The molecule has 2 nitrogen and oxygen atoms in total. The van der Waals surface area contributed by atoms with Crippen molar-refractivity contribution in [1.29, 1.82) is 0 Å². The Kier molecular flexibility index (Phi) is 2.49. The molecular formula is C9H9ClFNO. The molecule has 1 fully saturated rings. The van der Waals surface area contributed by atoms with Crippen molar-refractivity contribution >= 4 is 11.6 Å². The van der Waals surface area contributed by atoms with Crippen LogP contribution in [0.25, 0.3) is 0 Å². The maximum Gasteiger partial charge on any atom is 0.129 e. The molecule has 0 amide bonds. The van der Waals surface area contributed by atoms with Crippen LogP contribution in [0.3, 0.4) is 0 Å². The van der Waals surface area contributed by atoms with E-state index in [9.17, 15) is 4.39 Å². The van der Waals surface area contributed by atoms with Gasteiger partial charge in [0.15, 0.2) is 0 Å². The minimum Gasteiger partial charge on any atom is -0.357 e. The number of halogens is 2. The molecule has 1 aliphatic heterocycles. The van der Waals surface area contributed by atoms with Gasteiger partial charge < -0.3 is 4.74 Å². The first kappa shape index (κ1) is 8.94. The normalized spacial score (nSPS) is 22.2. The molecular weight excluding hydrogens is 193 g/mol. The lowest BCUT2D eigenvalue weighted by Crippen LogP contribution is -2.08. The van der Waals surface area contributed by atoms with Gasteiger partial charge in [0.1, 0.15) is 5.82 Å². The minimum absolute atomic E-state index is 0.210. The molecule has 1 saturated heterocycles. The first-order chi connectivity index (χ1) is 6.27. The molecule has 70 valence electrons. The summed E-state index contributed by atoms with van der Waals surface area (Å²) in [5.74, 6) is -0.266. The lowest BCUT2D eigenvalue weighted by molar-refractivity contribution is 0.111. The Labute approximate surface area is 80.7 Å². The van der Waals surface area contributed by atoms with Crippen LogP contribution < -0.4 is 5.32 Å². The van der Waals surface area contributed by atoms with E-state index in [1.807, 2.05) is 0 Å². The zero-order valence-electron chi connectivity index (χ0n) is 6.89. The van der Waals surface area contributed by atoms with Crippen molar-refractivity contribution in [3.63, 3.8) is 0 Å². The first-order valence-electron chi connectivity index (χ1n) is 4.04. The first-order valence-corrected chi connectivity index (χ1v) is 4.42. The molecule has 4 heteroatoms. The molecule has 1 unspecified atom stereocenters. The van der Waals surface area contributed by atoms with E-state index in [2.05, 4.69) is 5.32 Å². The third kappa shape index (κ3) is 1.82. The van der Waals surface area contributed by atoms with Crippen LogP contribution in [0.2, 0.25) is 5.02 Å². The Morgan fingerprint density at radius 3 is 3.08 bits per heavy atom. The van der Waals surface area contributed by atoms with Gasteiger partial charge in [-0.05, 0) is 18.2 Å². The van der Waals surface area contributed by atoms with Crippen LogP contribution in [0, 0.1) is 5.82 Å². The standard InChI is InChI=1S/C9H9ClFNO/c10-6-1-2-8(11)7(3-6)9-4-12-5-13-9/h1-3,9,12H,4-5H2. The van der Waals surface area contributed by atoms with Gasteiger partial charge in [-0.3, -0.25) is 5.32 Å². The van der Waals surface area contributed by atoms with Crippen LogP contribution in [-0.2, 0) is 4.74 Å². The molecule has 0 spiro atoms. The predicted molar refractivity (Wildman–Crippen MR) is 48.1 cm³/mol. The summed E-state index contributed by atoms with van der Waals surface area (Å²) in [5.41, 5.74) is 0.525. The van der Waals surface area contributed by atoms with Crippen LogP contribution >= 0.6 is 11.6 Å². The summed E-state index contributed by atoms with van der Waals surface area (Å²) in [6.45, 7) is 1.11. The van der Waals surface area contributed by atoms with Crippen molar-refractivity contribution in [3.8, 4) is 0 Å². The lowest BCUT2D eigenvalue weighted by atomic mass is 10.1. The summed E-state index contributed by atoms with van der Waals surface area (Å²) in [7, 11) is 0. The molecule has 0 aromatic heterocycles. The van der Waals surface area contributed by atoms with Crippen LogP contribution in [0.4, 0.5) is 4.39 Å². The number of ether oxygens (including phenoxy) is 1. The van der Waals surface area contributed by atoms with Gasteiger partial charge >= 0.3 is 0 Å². The molecule has 1 aliphatic rings. The quantitative estimate of drug-likeness (QED) is 0.752. The Bertz CT molecular complexity index is 312. The van der Waals surface area contributed by atoms with Crippen molar-refractivity contribution < 1.29 is 9.13 Å². The van der Waals surface area contributed by atoms with Gasteiger partial charge in [-0.1, -0.05) is 11.6 Å². The summed E-state index contributed by atoms with van der Waals surface area (Å²) < 4.78 is 18.5. The van der Waals surface area contributed by atoms with E-state index in [1.165, 1.54) is 12.1 Å². The molecule has 0 radical (unpaired) electrons. The summed E-state index contributed by atoms with van der Waals surface area (Å²) in [6, 6.07) is 4.50. The van der Waals surface area contributed by atoms with Gasteiger partial charge in [0.05, 0.1) is 12.8 Å². The Morgan fingerprint density at radius 1 is 1.54 bits per heavy atom. The van der Waals surface area contributed by atoms with E-state index in [-0.39, 0.29) is 11.9 Å². The molecule has 0 aliphatic carbocycles. The fourth-order valence-electron chi connectivity index (χ4n) is 1.37. The SMILES string of the molecule is Fc1ccc(Cl)cc1C1CNCO1. The Hall–Kier alpha value is -0.640. The number of benzene rings is 1. The van der Waals surface area contributed by atoms with E-state index in [0.717, 1.165) is 0 Å². The van der Waals surface area contributed by atoms with Crippen LogP contribution in [0.1, 0.15) is 11.7 Å². The zero-order valence-corrected chi connectivity index (χ0v) is 7.64. The van der Waals surface area contributed by atoms with Gasteiger partial charge in [0, 0.05) is 17.1 Å². The van der Waals surface area contributed by atoms with Gasteiger partial charge in [-0.15, -0.1) is 0 Å². The predicted octanol–water partition coefficient (Wildman–Crippen LogP) is 2.10. The number of hydrogen-bond acceptors (Lipinski definition) is 2. The second-order valence-electron chi connectivity index (χ2n) is 2.92. The topological polar surface area (TPSA) is 21.3 Å². The van der Waals surface area contributed by atoms with Crippen molar-refractivity contribution in [2.45, 2.75) is 6.10 Å². The van der Waals surface area contributed by atoms with E-state index < -0.39 is 0 Å². The number of hydrogen-bond donors (Lipinski definition) is 1. The van der Waals surface area contributed by atoms with Crippen LogP contribution in [-0.4, -0.2) is 13.3 Å². The lowest BCUT2D eigenvalue weighted by Gasteiger charge is -2.09. The van der Waals surface area contributed by atoms with E-state index in [4.69, 9.17) is 16.3 Å². The van der Waals surface area contributed by atoms with Crippen molar-refractivity contribution in [1.82, 2.24) is 5.32 Å². The molecule has 1 aromatic carbocycles. The molecule has 0 bridgehead atoms. The highest BCUT2D eigenvalue weighted by atomic mass is 35.5. The van der Waals surface area contributed by atoms with Crippen LogP contribution in [0.15, 0.2) is 18.2 Å². The molecule has 1 heterocycles. The maximum atomic E-state index is 13.3. The molecule has 0 saturated carbocycles. The van der Waals surface area contributed by atoms with Gasteiger partial charge in [0.25, 0.3) is 0 Å². The number of rotatable bonds is 1. The highest BCUT2D eigenvalue weighted by molar-refractivity contribution is 6.30. The Morgan fingerprint density at radius 2 is 2.38 bits per heavy atom. The highest BCUT2D eigenvalue weighted by Gasteiger charge is 2.20. The van der Waals surface area contributed by atoms with Gasteiger partial charge in [0.2, 0.25) is 0 Å². The largest absolute Gasteiger partial charge is 0.357 e. The fraction of sp³-hybridized carbons (Fsp3) is 0.333. The zero-order chi connectivity index (χ0) is 9.26. The van der Waals surface area contributed by atoms with Crippen LogP contribution in [0.5, 0.6) is 0 Å². The van der Waals surface area contributed by atoms with Gasteiger partial charge in [-0.25, -0.2) is 4.39 Å². The Balaban J connectivity index is 2.32. The fourth-order valence-corrected chi connectivity index (χ4v) is 1.55. The average molecular weight is 202 g/mol. The molecule has 1 aromatic rings. The van der Waals surface area contributed by atoms with E-state index >= 15 is 0 Å². The van der Waals surface area contributed by atoms with E-state index in [0.29, 0.717) is 23.9 Å². The summed E-state index contributed by atoms with van der Waals surface area (Å²) >= 11 is 5.75. The summed E-state index contributed by atoms with van der Waals surface area (Å²) in [6.07, 6.45) is -0.210. The molecule has 2 rings (SSSR count). The minimum atomic E-state index is -0.266. The molecule has 1 atom stereocenters. The van der Waals surface area contributed by atoms with Crippen molar-refractivity contribution in [2.24, 2.45) is 0 Å². The van der Waals surface area contributed by atoms with Gasteiger partial charge in [-0.2, -0.15) is 0 Å². The number of nitrogens with one attached hydrogen (secondary N) is 1. The van der Waals surface area contributed by atoms with E-state index in [1.54, 1.807) is 6.07 Å². The second kappa shape index (κ2) is 3.62. The second-order valence-corrected chi connectivity index (χ2v) is 3.36. The smallest absolute Gasteiger partial charge is 0.129 e. The molecule has 1 N–H and O–H groups in total. The summed E-state index contributed by atoms with van der Waals surface area (Å²) in [4.78, 5) is 0. The summed E-state index contributed by atoms with van der Waals surface area (Å²) in [5, 5.41) is 3.52. The highest BCUT2D eigenvalue weighted by Crippen LogP contribution is 2.25. The third-order valence-electron chi connectivity index (χ3n) is 2.02. The monoisotopic (exact) mass is 201 g/mol. The van der Waals surface area contributed by atoms with Crippen molar-refractivity contribution in [3.05, 3.63) is 34.6 Å². The average Bonchev–Trinajstić information content (AvgIpc) is 2.61.